The Hall–Kier alpha value is -1.58. The summed E-state index contributed by atoms with van der Waals surface area (Å²) in [4.78, 5) is 21.0. The van der Waals surface area contributed by atoms with Gasteiger partial charge < -0.3 is 9.80 Å². The molecular weight excluding hydrogens is 262 g/mol. The van der Waals surface area contributed by atoms with Crippen molar-refractivity contribution in [3.8, 4) is 0 Å². The number of aryl methyl sites for hydroxylation is 1. The topological polar surface area (TPSA) is 36.4 Å². The van der Waals surface area contributed by atoms with E-state index in [1.165, 1.54) is 24.8 Å². The molecule has 1 aromatic heterocycles. The minimum Gasteiger partial charge on any atom is -0.357 e. The van der Waals surface area contributed by atoms with Gasteiger partial charge in [0.05, 0.1) is 6.04 Å². The summed E-state index contributed by atoms with van der Waals surface area (Å²) < 4.78 is 0. The van der Waals surface area contributed by atoms with E-state index in [4.69, 9.17) is 4.98 Å². The van der Waals surface area contributed by atoms with E-state index in [9.17, 15) is 4.79 Å². The van der Waals surface area contributed by atoms with E-state index in [0.717, 1.165) is 44.0 Å². The van der Waals surface area contributed by atoms with Gasteiger partial charge in [-0.1, -0.05) is 6.07 Å². The number of amides is 1. The molecule has 0 aromatic carbocycles. The van der Waals surface area contributed by atoms with Gasteiger partial charge in [0.2, 0.25) is 5.91 Å². The number of likely N-dealkylation sites (tertiary alicyclic amines) is 1. The van der Waals surface area contributed by atoms with Gasteiger partial charge in [-0.2, -0.15) is 0 Å². The standard InChI is InChI=1S/C17H25N3O/c1-13-15(16-7-6-12-20(16)14(2)21)8-9-17(18-13)19-10-4-3-5-11-19/h8-9,16H,3-7,10-12H2,1-2H3/t16-/m0/s1. The number of carbonyl (C=O) groups excluding carboxylic acids is 1. The molecule has 0 bridgehead atoms. The average molecular weight is 287 g/mol. The van der Waals surface area contributed by atoms with Gasteiger partial charge in [0.1, 0.15) is 5.82 Å². The maximum Gasteiger partial charge on any atom is 0.219 e. The molecule has 114 valence electrons. The minimum absolute atomic E-state index is 0.178. The number of rotatable bonds is 2. The highest BCUT2D eigenvalue weighted by Gasteiger charge is 2.29. The lowest BCUT2D eigenvalue weighted by molar-refractivity contribution is -0.129. The summed E-state index contributed by atoms with van der Waals surface area (Å²) in [6, 6.07) is 4.56. The molecule has 2 fully saturated rings. The third kappa shape index (κ3) is 2.89. The first kappa shape index (κ1) is 14.4. The van der Waals surface area contributed by atoms with E-state index in [-0.39, 0.29) is 11.9 Å². The number of carbonyl (C=O) groups is 1. The molecule has 4 heteroatoms. The van der Waals surface area contributed by atoms with Crippen molar-refractivity contribution in [2.45, 2.75) is 52.0 Å². The van der Waals surface area contributed by atoms with E-state index in [1.54, 1.807) is 6.92 Å². The van der Waals surface area contributed by atoms with Crippen molar-refractivity contribution in [2.24, 2.45) is 0 Å². The van der Waals surface area contributed by atoms with Crippen LogP contribution in [-0.4, -0.2) is 35.4 Å². The summed E-state index contributed by atoms with van der Waals surface area (Å²) in [7, 11) is 0. The van der Waals surface area contributed by atoms with Crippen LogP contribution in [-0.2, 0) is 4.79 Å². The van der Waals surface area contributed by atoms with Crippen LogP contribution in [0.2, 0.25) is 0 Å². The molecule has 2 saturated heterocycles. The van der Waals surface area contributed by atoms with Crippen LogP contribution in [0.25, 0.3) is 0 Å². The fraction of sp³-hybridized carbons (Fsp3) is 0.647. The first-order chi connectivity index (χ1) is 10.2. The van der Waals surface area contributed by atoms with Gasteiger partial charge in [-0.15, -0.1) is 0 Å². The number of anilines is 1. The molecule has 21 heavy (non-hydrogen) atoms. The van der Waals surface area contributed by atoms with Crippen molar-refractivity contribution in [3.63, 3.8) is 0 Å². The highest BCUT2D eigenvalue weighted by atomic mass is 16.2. The SMILES string of the molecule is CC(=O)N1CCC[C@H]1c1ccc(N2CCCCC2)nc1C. The maximum atomic E-state index is 11.8. The number of pyridine rings is 1. The predicted octanol–water partition coefficient (Wildman–Crippen LogP) is 3.06. The van der Waals surface area contributed by atoms with E-state index >= 15 is 0 Å². The third-order valence-electron chi connectivity index (χ3n) is 4.81. The molecular formula is C17H25N3O. The molecule has 2 aliphatic rings. The molecule has 0 spiro atoms. The Kier molecular flexibility index (Phi) is 4.13. The lowest BCUT2D eigenvalue weighted by Gasteiger charge is -2.29. The molecule has 0 N–H and O–H groups in total. The third-order valence-corrected chi connectivity index (χ3v) is 4.81. The van der Waals surface area contributed by atoms with Gasteiger partial charge >= 0.3 is 0 Å². The zero-order chi connectivity index (χ0) is 14.8. The zero-order valence-corrected chi connectivity index (χ0v) is 13.1. The summed E-state index contributed by atoms with van der Waals surface area (Å²) in [6.45, 7) is 6.87. The second-order valence-electron chi connectivity index (χ2n) is 6.26. The smallest absolute Gasteiger partial charge is 0.219 e. The van der Waals surface area contributed by atoms with Crippen LogP contribution in [0.5, 0.6) is 0 Å². The second-order valence-corrected chi connectivity index (χ2v) is 6.26. The van der Waals surface area contributed by atoms with Crippen molar-refractivity contribution in [3.05, 3.63) is 23.4 Å². The first-order valence-corrected chi connectivity index (χ1v) is 8.16. The second kappa shape index (κ2) is 6.04. The Bertz CT molecular complexity index is 523. The van der Waals surface area contributed by atoms with Gasteiger partial charge in [0.25, 0.3) is 0 Å². The zero-order valence-electron chi connectivity index (χ0n) is 13.1. The number of aromatic nitrogens is 1. The van der Waals surface area contributed by atoms with Gasteiger partial charge in [-0.3, -0.25) is 4.79 Å². The summed E-state index contributed by atoms with van der Waals surface area (Å²) in [5.74, 6) is 1.28. The van der Waals surface area contributed by atoms with Crippen molar-refractivity contribution >= 4 is 11.7 Å². The Morgan fingerprint density at radius 3 is 2.57 bits per heavy atom. The van der Waals surface area contributed by atoms with Gasteiger partial charge in [0, 0.05) is 32.3 Å². The number of hydrogen-bond donors (Lipinski definition) is 0. The van der Waals surface area contributed by atoms with Crippen molar-refractivity contribution < 1.29 is 4.79 Å². The highest BCUT2D eigenvalue weighted by Crippen LogP contribution is 2.34. The quantitative estimate of drug-likeness (QED) is 0.839. The van der Waals surface area contributed by atoms with E-state index < -0.39 is 0 Å². The van der Waals surface area contributed by atoms with E-state index in [2.05, 4.69) is 24.0 Å². The van der Waals surface area contributed by atoms with Crippen LogP contribution in [0.4, 0.5) is 5.82 Å². The fourth-order valence-electron chi connectivity index (χ4n) is 3.68. The summed E-state index contributed by atoms with van der Waals surface area (Å²) in [6.07, 6.45) is 6.03. The van der Waals surface area contributed by atoms with Crippen molar-refractivity contribution in [1.82, 2.24) is 9.88 Å². The Morgan fingerprint density at radius 2 is 1.90 bits per heavy atom. The number of nitrogens with zero attached hydrogens (tertiary/aromatic N) is 3. The molecule has 0 saturated carbocycles. The lowest BCUT2D eigenvalue weighted by atomic mass is 10.0. The van der Waals surface area contributed by atoms with Crippen LogP contribution < -0.4 is 4.90 Å². The Labute approximate surface area is 127 Å². The lowest BCUT2D eigenvalue weighted by Crippen LogP contribution is -2.31. The van der Waals surface area contributed by atoms with Crippen LogP contribution in [0, 0.1) is 6.92 Å². The molecule has 1 amide bonds. The predicted molar refractivity (Wildman–Crippen MR) is 84.4 cm³/mol. The molecule has 1 atom stereocenters. The Balaban J connectivity index is 1.82. The number of piperidine rings is 1. The fourth-order valence-corrected chi connectivity index (χ4v) is 3.68. The molecule has 3 rings (SSSR count). The molecule has 1 aromatic rings. The summed E-state index contributed by atoms with van der Waals surface area (Å²) in [5, 5.41) is 0. The molecule has 0 aliphatic carbocycles. The van der Waals surface area contributed by atoms with E-state index in [0.29, 0.717) is 0 Å². The average Bonchev–Trinajstić information content (AvgIpc) is 2.97. The summed E-state index contributed by atoms with van der Waals surface area (Å²) in [5.41, 5.74) is 2.31. The Morgan fingerprint density at radius 1 is 1.14 bits per heavy atom. The minimum atomic E-state index is 0.178. The monoisotopic (exact) mass is 287 g/mol. The highest BCUT2D eigenvalue weighted by molar-refractivity contribution is 5.74. The van der Waals surface area contributed by atoms with Gasteiger partial charge in [0.15, 0.2) is 0 Å². The van der Waals surface area contributed by atoms with Crippen molar-refractivity contribution in [2.75, 3.05) is 24.5 Å². The molecule has 2 aliphatic heterocycles. The molecule has 0 unspecified atom stereocenters. The van der Waals surface area contributed by atoms with Crippen LogP contribution >= 0.6 is 0 Å². The number of hydrogen-bond acceptors (Lipinski definition) is 3. The normalized spacial score (nSPS) is 22.7. The van der Waals surface area contributed by atoms with Crippen LogP contribution in [0.3, 0.4) is 0 Å². The molecule has 0 radical (unpaired) electrons. The molecule has 3 heterocycles. The molecule has 4 nitrogen and oxygen atoms in total. The van der Waals surface area contributed by atoms with Gasteiger partial charge in [-0.05, 0) is 50.7 Å². The van der Waals surface area contributed by atoms with Crippen molar-refractivity contribution in [1.29, 1.82) is 0 Å². The summed E-state index contributed by atoms with van der Waals surface area (Å²) >= 11 is 0. The first-order valence-electron chi connectivity index (χ1n) is 8.16. The van der Waals surface area contributed by atoms with E-state index in [1.807, 2.05) is 4.90 Å². The van der Waals surface area contributed by atoms with Crippen LogP contribution in [0.1, 0.15) is 56.3 Å². The maximum absolute atomic E-state index is 11.8. The van der Waals surface area contributed by atoms with Gasteiger partial charge in [-0.25, -0.2) is 4.98 Å². The largest absolute Gasteiger partial charge is 0.357 e. The van der Waals surface area contributed by atoms with Crippen LogP contribution in [0.15, 0.2) is 12.1 Å².